The largest absolute Gasteiger partial charge is 0.462 e. The van der Waals surface area contributed by atoms with Gasteiger partial charge >= 0.3 is 11.9 Å². The first-order chi connectivity index (χ1) is 11.5. The minimum absolute atomic E-state index is 0.0712. The molecule has 1 heterocycles. The maximum Gasteiger partial charge on any atom is 0.357 e. The Bertz CT molecular complexity index is 823. The number of rotatable bonds is 5. The van der Waals surface area contributed by atoms with E-state index in [1.807, 2.05) is 0 Å². The summed E-state index contributed by atoms with van der Waals surface area (Å²) in [5.41, 5.74) is -0.189. The van der Waals surface area contributed by atoms with Gasteiger partial charge in [-0.25, -0.2) is 18.7 Å². The topological polar surface area (TPSA) is 94.2 Å². The van der Waals surface area contributed by atoms with E-state index in [1.54, 1.807) is 19.9 Å². The lowest BCUT2D eigenvalue weighted by atomic mass is 10.2. The molecule has 0 saturated heterocycles. The maximum absolute atomic E-state index is 13.5. The Kier molecular flexibility index (Phi) is 5.27. The van der Waals surface area contributed by atoms with Crippen LogP contribution in [0.1, 0.15) is 40.3 Å². The van der Waals surface area contributed by atoms with Crippen LogP contribution in [0.2, 0.25) is 0 Å². The molecule has 0 aliphatic carbocycles. The summed E-state index contributed by atoms with van der Waals surface area (Å²) in [7, 11) is 0. The molecule has 0 spiro atoms. The highest BCUT2D eigenvalue weighted by Gasteiger charge is 2.26. The average molecular weight is 331 g/mol. The summed E-state index contributed by atoms with van der Waals surface area (Å²) in [5, 5.41) is 12.9. The van der Waals surface area contributed by atoms with Crippen molar-refractivity contribution < 1.29 is 23.5 Å². The predicted molar refractivity (Wildman–Crippen MR) is 80.2 cm³/mol. The first-order valence-corrected chi connectivity index (χ1v) is 7.15. The molecule has 0 N–H and O–H groups in total. The smallest absolute Gasteiger partial charge is 0.357 e. The molecular formula is C16H14FN3O4. The number of nitrogens with zero attached hydrogens (tertiary/aromatic N) is 3. The van der Waals surface area contributed by atoms with Gasteiger partial charge in [0.05, 0.1) is 30.7 Å². The molecule has 0 unspecified atom stereocenters. The van der Waals surface area contributed by atoms with E-state index in [0.29, 0.717) is 0 Å². The van der Waals surface area contributed by atoms with E-state index in [0.717, 1.165) is 10.7 Å². The fourth-order valence-corrected chi connectivity index (χ4v) is 2.03. The second-order valence-electron chi connectivity index (χ2n) is 4.54. The van der Waals surface area contributed by atoms with Gasteiger partial charge < -0.3 is 9.47 Å². The molecule has 1 aromatic carbocycles. The zero-order valence-corrected chi connectivity index (χ0v) is 13.1. The van der Waals surface area contributed by atoms with Gasteiger partial charge in [-0.1, -0.05) is 0 Å². The first kappa shape index (κ1) is 17.1. The highest BCUT2D eigenvalue weighted by Crippen LogP contribution is 2.19. The summed E-state index contributed by atoms with van der Waals surface area (Å²) in [6, 6.07) is 5.34. The molecule has 0 atom stereocenters. The van der Waals surface area contributed by atoms with Crippen molar-refractivity contribution in [1.29, 1.82) is 5.26 Å². The number of hydrogen-bond donors (Lipinski definition) is 0. The van der Waals surface area contributed by atoms with E-state index >= 15 is 0 Å². The van der Waals surface area contributed by atoms with Crippen LogP contribution in [0.25, 0.3) is 5.69 Å². The molecule has 8 heteroatoms. The highest BCUT2D eigenvalue weighted by atomic mass is 19.1. The Labute approximate surface area is 137 Å². The Morgan fingerprint density at radius 1 is 1.25 bits per heavy atom. The first-order valence-electron chi connectivity index (χ1n) is 7.15. The van der Waals surface area contributed by atoms with Crippen molar-refractivity contribution in [2.45, 2.75) is 13.8 Å². The van der Waals surface area contributed by atoms with Gasteiger partial charge in [-0.2, -0.15) is 10.4 Å². The van der Waals surface area contributed by atoms with Crippen molar-refractivity contribution >= 4 is 11.9 Å². The van der Waals surface area contributed by atoms with Gasteiger partial charge in [0.15, 0.2) is 5.69 Å². The molecule has 0 saturated carbocycles. The van der Waals surface area contributed by atoms with Crippen molar-refractivity contribution in [3.8, 4) is 11.8 Å². The monoisotopic (exact) mass is 331 g/mol. The van der Waals surface area contributed by atoms with Gasteiger partial charge in [0.1, 0.15) is 17.4 Å². The Morgan fingerprint density at radius 2 is 1.92 bits per heavy atom. The Hall–Kier alpha value is -3.21. The van der Waals surface area contributed by atoms with Crippen LogP contribution in [-0.4, -0.2) is 34.9 Å². The lowest BCUT2D eigenvalue weighted by Gasteiger charge is -2.09. The molecule has 24 heavy (non-hydrogen) atoms. The SMILES string of the molecule is CCOC(=O)c1cnn(-c2ccc(F)c(C#N)c2)c1C(=O)OCC. The standard InChI is InChI=1S/C16H14FN3O4/c1-3-23-15(21)12-9-19-20(14(12)16(22)24-4-2)11-5-6-13(17)10(7-11)8-18/h5-7,9H,3-4H2,1-2H3. The quantitative estimate of drug-likeness (QED) is 0.780. The molecule has 0 fully saturated rings. The zero-order chi connectivity index (χ0) is 17.7. The van der Waals surface area contributed by atoms with Crippen LogP contribution in [0, 0.1) is 17.1 Å². The second kappa shape index (κ2) is 7.37. The number of aromatic nitrogens is 2. The number of nitriles is 1. The number of ether oxygens (including phenoxy) is 2. The normalized spacial score (nSPS) is 10.1. The predicted octanol–water partition coefficient (Wildman–Crippen LogP) is 2.24. The van der Waals surface area contributed by atoms with Crippen molar-refractivity contribution in [2.24, 2.45) is 0 Å². The average Bonchev–Trinajstić information content (AvgIpc) is 3.01. The maximum atomic E-state index is 13.5. The minimum Gasteiger partial charge on any atom is -0.462 e. The number of halogens is 1. The molecule has 2 aromatic rings. The third kappa shape index (κ3) is 3.25. The molecule has 2 rings (SSSR count). The van der Waals surface area contributed by atoms with Gasteiger partial charge in [0.2, 0.25) is 0 Å². The van der Waals surface area contributed by atoms with Gasteiger partial charge in [-0.3, -0.25) is 0 Å². The second-order valence-corrected chi connectivity index (χ2v) is 4.54. The highest BCUT2D eigenvalue weighted by molar-refractivity contribution is 6.02. The third-order valence-corrected chi connectivity index (χ3v) is 3.05. The summed E-state index contributed by atoms with van der Waals surface area (Å²) in [6.07, 6.45) is 1.17. The van der Waals surface area contributed by atoms with Gasteiger partial charge in [-0.05, 0) is 32.0 Å². The summed E-state index contributed by atoms with van der Waals surface area (Å²) in [6.45, 7) is 3.47. The molecule has 124 valence electrons. The van der Waals surface area contributed by atoms with Crippen LogP contribution in [-0.2, 0) is 9.47 Å². The van der Waals surface area contributed by atoms with E-state index in [4.69, 9.17) is 14.7 Å². The molecule has 0 aliphatic rings. The van der Waals surface area contributed by atoms with Crippen molar-refractivity contribution in [1.82, 2.24) is 9.78 Å². The molecule has 0 radical (unpaired) electrons. The van der Waals surface area contributed by atoms with E-state index in [9.17, 15) is 14.0 Å². The van der Waals surface area contributed by atoms with Gasteiger partial charge in [0.25, 0.3) is 0 Å². The summed E-state index contributed by atoms with van der Waals surface area (Å²) >= 11 is 0. The van der Waals surface area contributed by atoms with Crippen molar-refractivity contribution in [2.75, 3.05) is 13.2 Å². The van der Waals surface area contributed by atoms with Crippen LogP contribution in [0.4, 0.5) is 4.39 Å². The molecule has 0 amide bonds. The third-order valence-electron chi connectivity index (χ3n) is 3.05. The van der Waals surface area contributed by atoms with E-state index < -0.39 is 17.8 Å². The van der Waals surface area contributed by atoms with Gasteiger partial charge in [0, 0.05) is 0 Å². The van der Waals surface area contributed by atoms with Crippen molar-refractivity contribution in [3.63, 3.8) is 0 Å². The van der Waals surface area contributed by atoms with Crippen LogP contribution >= 0.6 is 0 Å². The number of benzene rings is 1. The van der Waals surface area contributed by atoms with Gasteiger partial charge in [-0.15, -0.1) is 0 Å². The van der Waals surface area contributed by atoms with E-state index in [2.05, 4.69) is 5.10 Å². The van der Waals surface area contributed by atoms with E-state index in [-0.39, 0.29) is 35.7 Å². The molecule has 7 nitrogen and oxygen atoms in total. The van der Waals surface area contributed by atoms with Crippen molar-refractivity contribution in [3.05, 3.63) is 47.0 Å². The molecule has 1 aromatic heterocycles. The molecule has 0 aliphatic heterocycles. The Morgan fingerprint density at radius 3 is 2.54 bits per heavy atom. The fraction of sp³-hybridized carbons (Fsp3) is 0.250. The lowest BCUT2D eigenvalue weighted by Crippen LogP contribution is -2.17. The fourth-order valence-electron chi connectivity index (χ4n) is 2.03. The summed E-state index contributed by atoms with van der Waals surface area (Å²) in [4.78, 5) is 24.2. The van der Waals surface area contributed by atoms with Crippen LogP contribution in [0.3, 0.4) is 0 Å². The number of carbonyl (C=O) groups excluding carboxylic acids is 2. The molecule has 0 bridgehead atoms. The summed E-state index contributed by atoms with van der Waals surface area (Å²) in [5.74, 6) is -2.20. The number of carbonyl (C=O) groups is 2. The zero-order valence-electron chi connectivity index (χ0n) is 13.1. The van der Waals surface area contributed by atoms with Crippen LogP contribution < -0.4 is 0 Å². The Balaban J connectivity index is 2.60. The van der Waals surface area contributed by atoms with Crippen LogP contribution in [0.5, 0.6) is 0 Å². The number of esters is 2. The minimum atomic E-state index is -0.777. The number of hydrogen-bond acceptors (Lipinski definition) is 6. The summed E-state index contributed by atoms with van der Waals surface area (Å²) < 4.78 is 24.4. The van der Waals surface area contributed by atoms with Crippen LogP contribution in [0.15, 0.2) is 24.4 Å². The molecular weight excluding hydrogens is 317 g/mol. The lowest BCUT2D eigenvalue weighted by molar-refractivity contribution is 0.0473. The van der Waals surface area contributed by atoms with E-state index in [1.165, 1.54) is 18.3 Å².